The molecule has 1 rings (SSSR count). The molecule has 0 aromatic carbocycles. The Hall–Kier alpha value is -0.770. The summed E-state index contributed by atoms with van der Waals surface area (Å²) in [5.74, 6) is 0.716. The van der Waals surface area contributed by atoms with Crippen molar-refractivity contribution in [3.8, 4) is 0 Å². The summed E-state index contributed by atoms with van der Waals surface area (Å²) in [5.41, 5.74) is 7.29. The Morgan fingerprint density at radius 3 is 2.77 bits per heavy atom. The van der Waals surface area contributed by atoms with E-state index >= 15 is 0 Å². The molecule has 0 radical (unpaired) electrons. The molecule has 0 bridgehead atoms. The van der Waals surface area contributed by atoms with Gasteiger partial charge in [-0.1, -0.05) is 26.2 Å². The van der Waals surface area contributed by atoms with Gasteiger partial charge in [0.25, 0.3) is 0 Å². The van der Waals surface area contributed by atoms with Crippen molar-refractivity contribution in [1.29, 1.82) is 0 Å². The summed E-state index contributed by atoms with van der Waals surface area (Å²) in [5, 5.41) is 8.52. The van der Waals surface area contributed by atoms with Crippen molar-refractivity contribution in [2.75, 3.05) is 0 Å². The van der Waals surface area contributed by atoms with Crippen LogP contribution in [0.2, 0.25) is 0 Å². The Kier molecular flexibility index (Phi) is 4.02. The zero-order chi connectivity index (χ0) is 9.68. The van der Waals surface area contributed by atoms with E-state index in [2.05, 4.69) is 11.9 Å². The highest BCUT2D eigenvalue weighted by molar-refractivity contribution is 5.76. The largest absolute Gasteiger partial charge is 0.368 e. The number of nitrogens with one attached hydrogen (secondary N) is 1. The van der Waals surface area contributed by atoms with E-state index in [0.717, 1.165) is 6.42 Å². The molecule has 4 heteroatoms. The van der Waals surface area contributed by atoms with Crippen molar-refractivity contribution in [2.45, 2.75) is 45.1 Å². The number of hydrogen-bond donors (Lipinski definition) is 3. The van der Waals surface area contributed by atoms with Crippen LogP contribution in [-0.2, 0) is 0 Å². The number of aliphatic imine (C=N–C) groups is 1. The van der Waals surface area contributed by atoms with E-state index < -0.39 is 0 Å². The lowest BCUT2D eigenvalue weighted by atomic mass is 9.98. The minimum Gasteiger partial charge on any atom is -0.368 e. The molecule has 1 aliphatic rings. The summed E-state index contributed by atoms with van der Waals surface area (Å²) in [6.07, 6.45) is 6.11. The molecule has 0 aromatic heterocycles. The fraction of sp³-hybridized carbons (Fsp3) is 0.889. The highest BCUT2D eigenvalue weighted by Crippen LogP contribution is 2.25. The first kappa shape index (κ1) is 10.3. The maximum atomic E-state index is 8.52. The lowest BCUT2D eigenvalue weighted by Gasteiger charge is -2.17. The van der Waals surface area contributed by atoms with E-state index in [1.807, 2.05) is 5.48 Å². The molecular weight excluding hydrogens is 166 g/mol. The molecule has 4 N–H and O–H groups in total. The zero-order valence-corrected chi connectivity index (χ0v) is 8.16. The Bertz CT molecular complexity index is 182. The van der Waals surface area contributed by atoms with E-state index in [-0.39, 0.29) is 12.0 Å². The molecule has 1 saturated carbocycles. The molecule has 13 heavy (non-hydrogen) atoms. The average molecular weight is 185 g/mol. The van der Waals surface area contributed by atoms with E-state index in [9.17, 15) is 0 Å². The van der Waals surface area contributed by atoms with E-state index in [0.29, 0.717) is 5.92 Å². The highest BCUT2D eigenvalue weighted by atomic mass is 16.5. The second-order valence-electron chi connectivity index (χ2n) is 3.81. The van der Waals surface area contributed by atoms with Gasteiger partial charge >= 0.3 is 0 Å². The van der Waals surface area contributed by atoms with Crippen molar-refractivity contribution < 1.29 is 5.21 Å². The molecule has 76 valence electrons. The van der Waals surface area contributed by atoms with Gasteiger partial charge in [0.15, 0.2) is 0 Å². The van der Waals surface area contributed by atoms with Gasteiger partial charge in [-0.2, -0.15) is 0 Å². The van der Waals surface area contributed by atoms with Crippen molar-refractivity contribution in [2.24, 2.45) is 16.6 Å². The number of guanidine groups is 1. The number of hydrogen-bond acceptors (Lipinski definition) is 2. The van der Waals surface area contributed by atoms with Crippen LogP contribution in [0.4, 0.5) is 0 Å². The summed E-state index contributed by atoms with van der Waals surface area (Å²) >= 11 is 0. The van der Waals surface area contributed by atoms with E-state index in [1.165, 1.54) is 25.7 Å². The average Bonchev–Trinajstić information content (AvgIpc) is 2.32. The first-order chi connectivity index (χ1) is 6.24. The van der Waals surface area contributed by atoms with Crippen LogP contribution < -0.4 is 11.2 Å². The van der Waals surface area contributed by atoms with Crippen molar-refractivity contribution in [3.63, 3.8) is 0 Å². The SMILES string of the molecule is CC1CCCCCC1N=C(N)NO. The van der Waals surface area contributed by atoms with Crippen molar-refractivity contribution in [3.05, 3.63) is 0 Å². The monoisotopic (exact) mass is 185 g/mol. The van der Waals surface area contributed by atoms with Crippen LogP contribution in [0, 0.1) is 5.92 Å². The molecule has 0 spiro atoms. The number of rotatable bonds is 1. The second kappa shape index (κ2) is 5.07. The van der Waals surface area contributed by atoms with Crippen molar-refractivity contribution >= 4 is 5.96 Å². The predicted molar refractivity (Wildman–Crippen MR) is 52.6 cm³/mol. The van der Waals surface area contributed by atoms with Gasteiger partial charge in [-0.3, -0.25) is 5.21 Å². The summed E-state index contributed by atoms with van der Waals surface area (Å²) in [6, 6.07) is 0.280. The quantitative estimate of drug-likeness (QED) is 0.249. The van der Waals surface area contributed by atoms with Gasteiger partial charge in [-0.05, 0) is 18.8 Å². The van der Waals surface area contributed by atoms with Crippen LogP contribution in [0.5, 0.6) is 0 Å². The molecule has 2 atom stereocenters. The molecule has 2 unspecified atom stereocenters. The van der Waals surface area contributed by atoms with Crippen molar-refractivity contribution in [1.82, 2.24) is 5.48 Å². The van der Waals surface area contributed by atoms with Crippen LogP contribution >= 0.6 is 0 Å². The summed E-state index contributed by atoms with van der Waals surface area (Å²) < 4.78 is 0. The minimum atomic E-state index is 0.138. The molecular formula is C9H19N3O. The first-order valence-corrected chi connectivity index (χ1v) is 4.97. The fourth-order valence-corrected chi connectivity index (χ4v) is 1.87. The van der Waals surface area contributed by atoms with Gasteiger partial charge < -0.3 is 5.73 Å². The minimum absolute atomic E-state index is 0.138. The maximum absolute atomic E-state index is 8.52. The molecule has 0 aromatic rings. The Labute approximate surface area is 79.2 Å². The Balaban J connectivity index is 2.54. The van der Waals surface area contributed by atoms with Gasteiger partial charge in [0, 0.05) is 0 Å². The van der Waals surface area contributed by atoms with Gasteiger partial charge in [0.1, 0.15) is 0 Å². The molecule has 1 aliphatic carbocycles. The molecule has 4 nitrogen and oxygen atoms in total. The number of nitrogens with zero attached hydrogens (tertiary/aromatic N) is 1. The third kappa shape index (κ3) is 3.22. The molecule has 0 aliphatic heterocycles. The van der Waals surface area contributed by atoms with Gasteiger partial charge in [-0.25, -0.2) is 10.5 Å². The maximum Gasteiger partial charge on any atom is 0.213 e. The second-order valence-corrected chi connectivity index (χ2v) is 3.81. The van der Waals surface area contributed by atoms with Gasteiger partial charge in [0.05, 0.1) is 6.04 Å². The topological polar surface area (TPSA) is 70.6 Å². The standard InChI is InChI=1S/C9H19N3O/c1-7-5-3-2-4-6-8(7)11-9(10)12-13/h7-8,13H,2-6H2,1H3,(H3,10,11,12). The van der Waals surface area contributed by atoms with Crippen LogP contribution in [0.3, 0.4) is 0 Å². The predicted octanol–water partition coefficient (Wildman–Crippen LogP) is 1.25. The fourth-order valence-electron chi connectivity index (χ4n) is 1.87. The Morgan fingerprint density at radius 1 is 1.38 bits per heavy atom. The lowest BCUT2D eigenvalue weighted by molar-refractivity contribution is 0.231. The van der Waals surface area contributed by atoms with Crippen LogP contribution in [0.15, 0.2) is 4.99 Å². The summed E-state index contributed by atoms with van der Waals surface area (Å²) in [7, 11) is 0. The van der Waals surface area contributed by atoms with Crippen LogP contribution in [0.1, 0.15) is 39.0 Å². The first-order valence-electron chi connectivity index (χ1n) is 4.97. The number of nitrogens with two attached hydrogens (primary N) is 1. The Morgan fingerprint density at radius 2 is 2.08 bits per heavy atom. The normalized spacial score (nSPS) is 31.1. The molecule has 0 heterocycles. The number of hydroxylamine groups is 1. The smallest absolute Gasteiger partial charge is 0.213 e. The molecule has 0 saturated heterocycles. The van der Waals surface area contributed by atoms with Gasteiger partial charge in [-0.15, -0.1) is 0 Å². The van der Waals surface area contributed by atoms with E-state index in [4.69, 9.17) is 10.9 Å². The zero-order valence-electron chi connectivity index (χ0n) is 8.16. The van der Waals surface area contributed by atoms with Gasteiger partial charge in [0.2, 0.25) is 5.96 Å². The molecule has 1 fully saturated rings. The summed E-state index contributed by atoms with van der Waals surface area (Å²) in [4.78, 5) is 4.23. The van der Waals surface area contributed by atoms with Crippen LogP contribution in [-0.4, -0.2) is 17.2 Å². The highest BCUT2D eigenvalue weighted by Gasteiger charge is 2.19. The van der Waals surface area contributed by atoms with Crippen LogP contribution in [0.25, 0.3) is 0 Å². The molecule has 0 amide bonds. The third-order valence-electron chi connectivity index (χ3n) is 2.74. The third-order valence-corrected chi connectivity index (χ3v) is 2.74. The van der Waals surface area contributed by atoms with E-state index in [1.54, 1.807) is 0 Å². The lowest BCUT2D eigenvalue weighted by Crippen LogP contribution is -2.31. The summed E-state index contributed by atoms with van der Waals surface area (Å²) in [6.45, 7) is 2.20.